The van der Waals surface area contributed by atoms with Crippen LogP contribution in [0.3, 0.4) is 0 Å². The van der Waals surface area contributed by atoms with E-state index in [9.17, 15) is 4.79 Å². The molecule has 1 rings (SSSR count). The molecule has 0 heterocycles. The Balaban J connectivity index is 2.41. The quantitative estimate of drug-likeness (QED) is 0.632. The van der Waals surface area contributed by atoms with Gasteiger partial charge in [0.2, 0.25) is 0 Å². The highest BCUT2D eigenvalue weighted by molar-refractivity contribution is 5.66. The van der Waals surface area contributed by atoms with Crippen molar-refractivity contribution >= 4 is 5.97 Å². The summed E-state index contributed by atoms with van der Waals surface area (Å²) in [6, 6.07) is 0. The summed E-state index contributed by atoms with van der Waals surface area (Å²) < 4.78 is 5.47. The van der Waals surface area contributed by atoms with Crippen molar-refractivity contribution in [2.24, 2.45) is 5.92 Å². The van der Waals surface area contributed by atoms with Gasteiger partial charge in [0.1, 0.15) is 6.10 Å². The summed E-state index contributed by atoms with van der Waals surface area (Å²) in [5, 5.41) is 0. The third kappa shape index (κ3) is 6.70. The smallest absolute Gasteiger partial charge is 0.302 e. The van der Waals surface area contributed by atoms with Crippen molar-refractivity contribution < 1.29 is 9.53 Å². The maximum atomic E-state index is 11.1. The van der Waals surface area contributed by atoms with E-state index in [0.717, 1.165) is 6.42 Å². The van der Waals surface area contributed by atoms with Crippen LogP contribution in [0.15, 0.2) is 0 Å². The molecule has 17 heavy (non-hydrogen) atoms. The standard InChI is InChI=1S/C15H28O2/c1-13-11-9-7-5-3-4-6-8-10-12-15(13)17-14(2)16/h13,15H,3-12H2,1-2H3. The van der Waals surface area contributed by atoms with Gasteiger partial charge in [0.05, 0.1) is 0 Å². The van der Waals surface area contributed by atoms with Crippen LogP contribution in [0, 0.1) is 5.92 Å². The number of ether oxygens (including phenoxy) is 1. The molecule has 1 aliphatic rings. The lowest BCUT2D eigenvalue weighted by molar-refractivity contribution is -0.149. The largest absolute Gasteiger partial charge is 0.462 e. The van der Waals surface area contributed by atoms with Crippen LogP contribution in [-0.4, -0.2) is 12.1 Å². The molecule has 0 bridgehead atoms. The van der Waals surface area contributed by atoms with Crippen LogP contribution in [0.2, 0.25) is 0 Å². The molecule has 0 aromatic carbocycles. The summed E-state index contributed by atoms with van der Waals surface area (Å²) in [5.41, 5.74) is 0. The van der Waals surface area contributed by atoms with Crippen LogP contribution < -0.4 is 0 Å². The van der Waals surface area contributed by atoms with Gasteiger partial charge < -0.3 is 4.74 Å². The van der Waals surface area contributed by atoms with Crippen molar-refractivity contribution in [2.75, 3.05) is 0 Å². The molecule has 2 atom stereocenters. The predicted octanol–water partition coefficient (Wildman–Crippen LogP) is 4.47. The highest BCUT2D eigenvalue weighted by Crippen LogP contribution is 2.23. The van der Waals surface area contributed by atoms with Gasteiger partial charge in [-0.1, -0.05) is 51.9 Å². The minimum atomic E-state index is -0.117. The second-order valence-electron chi connectivity index (χ2n) is 5.53. The van der Waals surface area contributed by atoms with E-state index < -0.39 is 0 Å². The third-order valence-electron chi connectivity index (χ3n) is 3.85. The Hall–Kier alpha value is -0.530. The van der Waals surface area contributed by atoms with Crippen LogP contribution in [0.5, 0.6) is 0 Å². The summed E-state index contributed by atoms with van der Waals surface area (Å²) in [7, 11) is 0. The molecule has 1 aliphatic carbocycles. The van der Waals surface area contributed by atoms with E-state index in [1.807, 2.05) is 0 Å². The van der Waals surface area contributed by atoms with E-state index in [2.05, 4.69) is 6.92 Å². The summed E-state index contributed by atoms with van der Waals surface area (Å²) in [6.45, 7) is 3.77. The zero-order valence-corrected chi connectivity index (χ0v) is 11.5. The molecule has 0 aromatic heterocycles. The number of carbonyl (C=O) groups excluding carboxylic acids is 1. The Labute approximate surface area is 106 Å². The first-order valence-corrected chi connectivity index (χ1v) is 7.37. The summed E-state index contributed by atoms with van der Waals surface area (Å²) in [6.07, 6.45) is 13.1. The minimum absolute atomic E-state index is 0.117. The average molecular weight is 240 g/mol. The molecule has 0 radical (unpaired) electrons. The van der Waals surface area contributed by atoms with E-state index in [1.165, 1.54) is 64.7 Å². The van der Waals surface area contributed by atoms with Gasteiger partial charge >= 0.3 is 5.97 Å². The molecule has 0 aromatic rings. The van der Waals surface area contributed by atoms with Gasteiger partial charge in [0, 0.05) is 6.92 Å². The number of rotatable bonds is 1. The summed E-state index contributed by atoms with van der Waals surface area (Å²) in [5.74, 6) is 0.410. The van der Waals surface area contributed by atoms with Crippen molar-refractivity contribution in [2.45, 2.75) is 84.2 Å². The zero-order chi connectivity index (χ0) is 12.5. The second kappa shape index (κ2) is 8.54. The maximum absolute atomic E-state index is 11.1. The monoisotopic (exact) mass is 240 g/mol. The molecule has 2 heteroatoms. The van der Waals surface area contributed by atoms with E-state index >= 15 is 0 Å². The van der Waals surface area contributed by atoms with E-state index in [4.69, 9.17) is 4.74 Å². The molecule has 1 saturated carbocycles. The van der Waals surface area contributed by atoms with Crippen molar-refractivity contribution in [1.82, 2.24) is 0 Å². The number of esters is 1. The van der Waals surface area contributed by atoms with Crippen molar-refractivity contribution in [3.05, 3.63) is 0 Å². The third-order valence-corrected chi connectivity index (χ3v) is 3.85. The predicted molar refractivity (Wildman–Crippen MR) is 70.9 cm³/mol. The number of carbonyl (C=O) groups is 1. The van der Waals surface area contributed by atoms with E-state index in [1.54, 1.807) is 0 Å². The van der Waals surface area contributed by atoms with Crippen LogP contribution in [-0.2, 0) is 9.53 Å². The first-order chi connectivity index (χ1) is 8.20. The van der Waals surface area contributed by atoms with Gasteiger partial charge in [-0.05, 0) is 25.2 Å². The van der Waals surface area contributed by atoms with Crippen molar-refractivity contribution in [3.63, 3.8) is 0 Å². The molecular formula is C15H28O2. The van der Waals surface area contributed by atoms with Gasteiger partial charge in [-0.2, -0.15) is 0 Å². The molecule has 2 nitrogen and oxygen atoms in total. The molecule has 0 saturated heterocycles. The normalized spacial score (nSPS) is 28.8. The molecule has 0 N–H and O–H groups in total. The average Bonchev–Trinajstić information content (AvgIpc) is 2.27. The van der Waals surface area contributed by atoms with Gasteiger partial charge in [0.15, 0.2) is 0 Å². The fourth-order valence-corrected chi connectivity index (χ4v) is 2.73. The number of hydrogen-bond acceptors (Lipinski definition) is 2. The lowest BCUT2D eigenvalue weighted by atomic mass is 9.92. The fourth-order valence-electron chi connectivity index (χ4n) is 2.73. The van der Waals surface area contributed by atoms with Crippen molar-refractivity contribution in [1.29, 1.82) is 0 Å². The second-order valence-corrected chi connectivity index (χ2v) is 5.53. The Morgan fingerprint density at radius 2 is 1.35 bits per heavy atom. The van der Waals surface area contributed by atoms with Gasteiger partial charge in [-0.25, -0.2) is 0 Å². The maximum Gasteiger partial charge on any atom is 0.302 e. The molecule has 2 unspecified atom stereocenters. The van der Waals surface area contributed by atoms with Crippen LogP contribution in [0.25, 0.3) is 0 Å². The van der Waals surface area contributed by atoms with E-state index in [0.29, 0.717) is 5.92 Å². The molecule has 0 spiro atoms. The van der Waals surface area contributed by atoms with Gasteiger partial charge in [0.25, 0.3) is 0 Å². The Morgan fingerprint density at radius 1 is 0.882 bits per heavy atom. The molecule has 0 aliphatic heterocycles. The first-order valence-electron chi connectivity index (χ1n) is 7.37. The van der Waals surface area contributed by atoms with Crippen LogP contribution >= 0.6 is 0 Å². The first kappa shape index (κ1) is 14.5. The van der Waals surface area contributed by atoms with E-state index in [-0.39, 0.29) is 12.1 Å². The summed E-state index contributed by atoms with van der Waals surface area (Å²) >= 11 is 0. The Bertz CT molecular complexity index is 213. The Kier molecular flexibility index (Phi) is 7.30. The topological polar surface area (TPSA) is 26.3 Å². The van der Waals surface area contributed by atoms with Gasteiger partial charge in [-0.15, -0.1) is 0 Å². The zero-order valence-electron chi connectivity index (χ0n) is 11.5. The molecule has 100 valence electrons. The molecule has 0 amide bonds. The lowest BCUT2D eigenvalue weighted by Gasteiger charge is -2.24. The highest BCUT2D eigenvalue weighted by Gasteiger charge is 2.19. The molecular weight excluding hydrogens is 212 g/mol. The summed E-state index contributed by atoms with van der Waals surface area (Å²) in [4.78, 5) is 11.1. The number of hydrogen-bond donors (Lipinski definition) is 0. The fraction of sp³-hybridized carbons (Fsp3) is 0.933. The van der Waals surface area contributed by atoms with Crippen LogP contribution in [0.1, 0.15) is 78.1 Å². The molecule has 1 fully saturated rings. The van der Waals surface area contributed by atoms with Gasteiger partial charge in [-0.3, -0.25) is 4.79 Å². The lowest BCUT2D eigenvalue weighted by Crippen LogP contribution is -2.24. The SMILES string of the molecule is CC(=O)OC1CCCCCCCCCCC1C. The van der Waals surface area contributed by atoms with Crippen LogP contribution in [0.4, 0.5) is 0 Å². The Morgan fingerprint density at radius 3 is 1.88 bits per heavy atom. The highest BCUT2D eigenvalue weighted by atomic mass is 16.5. The minimum Gasteiger partial charge on any atom is -0.462 e. The van der Waals surface area contributed by atoms with Crippen molar-refractivity contribution in [3.8, 4) is 0 Å².